The molecule has 7 aromatic carbocycles. The smallest absolute Gasteiger partial charge is 0.121 e. The fourth-order valence-corrected chi connectivity index (χ4v) is 9.30. The van der Waals surface area contributed by atoms with Gasteiger partial charge in [-0.05, 0) is 73.6 Å². The largest absolute Gasteiger partial charge is 0.501 e. The van der Waals surface area contributed by atoms with Gasteiger partial charge >= 0.3 is 0 Å². The van der Waals surface area contributed by atoms with Crippen molar-refractivity contribution >= 4 is 67.8 Å². The van der Waals surface area contributed by atoms with Gasteiger partial charge in [-0.3, -0.25) is 4.98 Å². The molecule has 0 unspecified atom stereocenters. The van der Waals surface area contributed by atoms with Gasteiger partial charge in [-0.2, -0.15) is 0 Å². The third-order valence-corrected chi connectivity index (χ3v) is 13.4. The van der Waals surface area contributed by atoms with E-state index in [9.17, 15) is 0 Å². The SMILES string of the molecule is CC(C)c1cccc(C(C)C)c1-n1c(-c2[c-]ccc3c2oc2ccc4c5ccccc5ccc4c23)nc2ccccc21.[2H]C([2H])([2H])c1c[c-]c(-c2ccc([Si](C)(C)C)cn2)cc1.[Ir]. The standard InChI is InChI=1S/C39H31N2O.C15H18NSi.Ir/c1-23(2)26-13-9-14-27(24(3)4)37(26)41-34-18-8-7-17-33(34)40-39(41)32-16-10-15-31-36-30-20-19-25-11-5-6-12-28(25)29(30)21-22-35(36)42-38(31)32;1-12-5-7-13(8-6-12)15-10-9-14(11-16-15)17(2,3)4;/h5-15,17-24H,1-4H3;5-7,9-11H,1-4H3;/q2*-1;/i;1D3;. The van der Waals surface area contributed by atoms with Crippen LogP contribution in [0.25, 0.3) is 82.8 Å². The first-order chi connectivity index (χ1) is 29.7. The van der Waals surface area contributed by atoms with Crippen LogP contribution in [-0.4, -0.2) is 22.6 Å². The first kappa shape index (κ1) is 37.4. The van der Waals surface area contributed by atoms with Gasteiger partial charge in [0.1, 0.15) is 5.58 Å². The average molecular weight is 979 g/mol. The Labute approximate surface area is 371 Å². The van der Waals surface area contributed by atoms with Crippen molar-refractivity contribution in [1.29, 1.82) is 0 Å². The van der Waals surface area contributed by atoms with Crippen LogP contribution in [0, 0.1) is 19.0 Å². The molecule has 10 rings (SSSR count). The Morgan fingerprint density at radius 3 is 2.15 bits per heavy atom. The normalized spacial score (nSPS) is 12.8. The molecule has 0 aliphatic carbocycles. The number of rotatable bonds is 6. The van der Waals surface area contributed by atoms with Crippen LogP contribution in [0.3, 0.4) is 0 Å². The van der Waals surface area contributed by atoms with Crippen molar-refractivity contribution < 1.29 is 28.6 Å². The molecule has 0 N–H and O–H groups in total. The molecule has 0 saturated heterocycles. The minimum absolute atomic E-state index is 0. The molecule has 3 aromatic heterocycles. The van der Waals surface area contributed by atoms with Crippen molar-refractivity contribution in [3.63, 3.8) is 0 Å². The summed E-state index contributed by atoms with van der Waals surface area (Å²) in [6.45, 7) is 13.8. The molecule has 0 fully saturated rings. The number of hydrogen-bond acceptors (Lipinski definition) is 3. The maximum atomic E-state index is 7.35. The molecule has 0 spiro atoms. The summed E-state index contributed by atoms with van der Waals surface area (Å²) in [7, 11) is -1.34. The van der Waals surface area contributed by atoms with Crippen molar-refractivity contribution in [3.8, 4) is 28.3 Å². The van der Waals surface area contributed by atoms with E-state index in [0.717, 1.165) is 55.6 Å². The predicted octanol–water partition coefficient (Wildman–Crippen LogP) is 14.3. The van der Waals surface area contributed by atoms with Crippen LogP contribution < -0.4 is 5.19 Å². The van der Waals surface area contributed by atoms with Gasteiger partial charge in [-0.1, -0.05) is 150 Å². The minimum atomic E-state index is -2.08. The number of benzene rings is 7. The van der Waals surface area contributed by atoms with Crippen molar-refractivity contribution in [2.24, 2.45) is 0 Å². The number of imidazole rings is 1. The van der Waals surface area contributed by atoms with E-state index < -0.39 is 14.9 Å². The van der Waals surface area contributed by atoms with E-state index in [1.165, 1.54) is 49.6 Å². The Kier molecular flexibility index (Phi) is 10.2. The van der Waals surface area contributed by atoms with Crippen molar-refractivity contribution in [3.05, 3.63) is 168 Å². The number of furan rings is 1. The van der Waals surface area contributed by atoms with Crippen molar-refractivity contribution in [2.75, 3.05) is 0 Å². The summed E-state index contributed by atoms with van der Waals surface area (Å²) in [6, 6.07) is 52.2. The number of pyridine rings is 1. The summed E-state index contributed by atoms with van der Waals surface area (Å²) in [4.78, 5) is 9.73. The van der Waals surface area contributed by atoms with Gasteiger partial charge in [0.2, 0.25) is 0 Å². The molecule has 0 atom stereocenters. The fourth-order valence-electron chi connectivity index (χ4n) is 8.27. The van der Waals surface area contributed by atoms with E-state index in [-0.39, 0.29) is 20.1 Å². The number of aryl methyl sites for hydroxylation is 1. The van der Waals surface area contributed by atoms with Gasteiger partial charge in [-0.15, -0.1) is 53.6 Å². The maximum absolute atomic E-state index is 7.35. The first-order valence-corrected chi connectivity index (χ1v) is 24.0. The molecule has 0 amide bonds. The zero-order valence-corrected chi connectivity index (χ0v) is 38.4. The van der Waals surface area contributed by atoms with Gasteiger partial charge in [0.05, 0.1) is 30.5 Å². The third kappa shape index (κ3) is 7.42. The van der Waals surface area contributed by atoms with E-state index in [0.29, 0.717) is 17.4 Å². The second-order valence-corrected chi connectivity index (χ2v) is 22.1. The molecule has 0 bridgehead atoms. The third-order valence-electron chi connectivity index (χ3n) is 11.4. The summed E-state index contributed by atoms with van der Waals surface area (Å²) < 4.78 is 31.1. The van der Waals surface area contributed by atoms with Crippen molar-refractivity contribution in [2.45, 2.75) is 66.0 Å². The number of aromatic nitrogens is 3. The van der Waals surface area contributed by atoms with Gasteiger partial charge < -0.3 is 14.0 Å². The van der Waals surface area contributed by atoms with Crippen LogP contribution in [0.5, 0.6) is 0 Å². The summed E-state index contributed by atoms with van der Waals surface area (Å²) in [5.41, 5.74) is 10.4. The average Bonchev–Trinajstić information content (AvgIpc) is 3.85. The molecular weight excluding hydrogens is 927 g/mol. The van der Waals surface area contributed by atoms with Crippen LogP contribution >= 0.6 is 0 Å². The summed E-state index contributed by atoms with van der Waals surface area (Å²) in [5.74, 6) is 1.55. The molecule has 60 heavy (non-hydrogen) atoms. The Balaban J connectivity index is 0.000000219. The molecule has 3 heterocycles. The van der Waals surface area contributed by atoms with E-state index in [1.807, 2.05) is 18.3 Å². The van der Waals surface area contributed by atoms with Crippen LogP contribution in [0.1, 0.15) is 60.3 Å². The first-order valence-electron chi connectivity index (χ1n) is 22.0. The van der Waals surface area contributed by atoms with Crippen LogP contribution in [0.15, 0.2) is 144 Å². The Hall–Kier alpha value is -5.65. The van der Waals surface area contributed by atoms with Crippen LogP contribution in [0.2, 0.25) is 19.6 Å². The molecule has 0 aliphatic heterocycles. The Bertz CT molecular complexity index is 3190. The van der Waals surface area contributed by atoms with Gasteiger partial charge in [0.25, 0.3) is 0 Å². The molecular formula is C54H49IrN3OSi-2. The summed E-state index contributed by atoms with van der Waals surface area (Å²) in [5, 5.41) is 8.45. The molecule has 4 nitrogen and oxygen atoms in total. The molecule has 10 aromatic rings. The molecule has 0 aliphatic rings. The zero-order valence-electron chi connectivity index (χ0n) is 38.0. The number of hydrogen-bond donors (Lipinski definition) is 0. The Morgan fingerprint density at radius 2 is 1.45 bits per heavy atom. The topological polar surface area (TPSA) is 43.9 Å². The van der Waals surface area contributed by atoms with Crippen molar-refractivity contribution in [1.82, 2.24) is 14.5 Å². The fraction of sp³-hybridized carbons (Fsp3) is 0.185. The summed E-state index contributed by atoms with van der Waals surface area (Å²) in [6.07, 6.45) is 1.92. The monoisotopic (exact) mass is 979 g/mol. The Morgan fingerprint density at radius 1 is 0.700 bits per heavy atom. The number of fused-ring (bicyclic) bond motifs is 8. The molecule has 1 radical (unpaired) electrons. The zero-order chi connectivity index (χ0) is 43.5. The second-order valence-electron chi connectivity index (χ2n) is 17.0. The van der Waals surface area contributed by atoms with Gasteiger partial charge in [0, 0.05) is 41.5 Å². The second kappa shape index (κ2) is 16.4. The van der Waals surface area contributed by atoms with Crippen LogP contribution in [0.4, 0.5) is 0 Å². The van der Waals surface area contributed by atoms with E-state index in [2.05, 4.69) is 172 Å². The number of nitrogens with zero attached hydrogens (tertiary/aromatic N) is 3. The minimum Gasteiger partial charge on any atom is -0.501 e. The number of para-hydroxylation sites is 3. The summed E-state index contributed by atoms with van der Waals surface area (Å²) >= 11 is 0. The van der Waals surface area contributed by atoms with Gasteiger partial charge in [0.15, 0.2) is 0 Å². The van der Waals surface area contributed by atoms with E-state index >= 15 is 0 Å². The van der Waals surface area contributed by atoms with E-state index in [1.54, 1.807) is 12.1 Å². The predicted molar refractivity (Wildman–Crippen MR) is 252 cm³/mol. The van der Waals surface area contributed by atoms with E-state index in [4.69, 9.17) is 13.5 Å². The van der Waals surface area contributed by atoms with Gasteiger partial charge in [-0.25, -0.2) is 0 Å². The molecule has 301 valence electrons. The molecule has 6 heteroatoms. The van der Waals surface area contributed by atoms with Crippen LogP contribution in [-0.2, 0) is 20.1 Å². The quantitative estimate of drug-likeness (QED) is 0.0947. The maximum Gasteiger partial charge on any atom is 0.121 e. The molecule has 0 saturated carbocycles.